The zero-order chi connectivity index (χ0) is 32.1. The fraction of sp³-hybridized carbons (Fsp3) is 0.611. The number of amides is 2. The van der Waals surface area contributed by atoms with Crippen LogP contribution in [0.2, 0.25) is 0 Å². The molecule has 0 radical (unpaired) electrons. The summed E-state index contributed by atoms with van der Waals surface area (Å²) in [6.45, 7) is 12.6. The Hall–Kier alpha value is -3.10. The first kappa shape index (κ1) is 30.9. The van der Waals surface area contributed by atoms with Crippen LogP contribution >= 0.6 is 0 Å². The Bertz CT molecular complexity index is 1420. The Morgan fingerprint density at radius 2 is 1.02 bits per heavy atom. The lowest BCUT2D eigenvalue weighted by Crippen LogP contribution is -2.43. The summed E-state index contributed by atoms with van der Waals surface area (Å²) in [5.41, 5.74) is 0.381. The second-order valence-electron chi connectivity index (χ2n) is 15.4. The van der Waals surface area contributed by atoms with Gasteiger partial charge in [-0.3, -0.25) is 9.59 Å². The highest BCUT2D eigenvalue weighted by molar-refractivity contribution is 5.99. The topological polar surface area (TPSA) is 117 Å². The van der Waals surface area contributed by atoms with Crippen LogP contribution in [0, 0.1) is 32.5 Å². The Kier molecular flexibility index (Phi) is 6.81. The summed E-state index contributed by atoms with van der Waals surface area (Å²) >= 11 is 0. The molecule has 0 saturated heterocycles. The second kappa shape index (κ2) is 9.70. The number of nitrogens with one attached hydrogen (secondary N) is 2. The van der Waals surface area contributed by atoms with E-state index in [9.17, 15) is 19.8 Å². The predicted octanol–water partition coefficient (Wildman–Crippen LogP) is 6.40. The van der Waals surface area contributed by atoms with Crippen molar-refractivity contribution in [3.63, 3.8) is 0 Å². The van der Waals surface area contributed by atoms with Gasteiger partial charge in [0, 0.05) is 0 Å². The molecular weight excluding hydrogens is 556 g/mol. The Morgan fingerprint density at radius 1 is 0.659 bits per heavy atom. The number of hydrogen-bond donors (Lipinski definition) is 4. The third-order valence-electron chi connectivity index (χ3n) is 14.0. The third-order valence-corrected chi connectivity index (χ3v) is 14.0. The number of anilines is 2. The number of methoxy groups -OCH3 is 2. The van der Waals surface area contributed by atoms with E-state index >= 15 is 0 Å². The monoisotopic (exact) mass is 604 g/mol. The molecule has 0 aromatic heterocycles. The summed E-state index contributed by atoms with van der Waals surface area (Å²) in [7, 11) is 3.16. The van der Waals surface area contributed by atoms with Gasteiger partial charge < -0.3 is 30.3 Å². The largest absolute Gasteiger partial charge is 0.495 e. The molecule has 4 aliphatic rings. The van der Waals surface area contributed by atoms with Crippen LogP contribution in [0.5, 0.6) is 11.5 Å². The minimum atomic E-state index is -0.638. The first-order chi connectivity index (χ1) is 20.5. The highest BCUT2D eigenvalue weighted by Crippen LogP contribution is 2.73. The van der Waals surface area contributed by atoms with Gasteiger partial charge in [0.25, 0.3) is 0 Å². The van der Waals surface area contributed by atoms with E-state index in [1.807, 2.05) is 36.4 Å². The van der Waals surface area contributed by atoms with Gasteiger partial charge in [0.05, 0.1) is 48.6 Å². The van der Waals surface area contributed by atoms with Gasteiger partial charge in [-0.1, -0.05) is 53.7 Å². The molecule has 0 spiro atoms. The molecule has 0 aliphatic heterocycles. The molecule has 2 aromatic rings. The lowest BCUT2D eigenvalue weighted by Gasteiger charge is -2.40. The number of carbonyl (C=O) groups is 2. The van der Waals surface area contributed by atoms with Crippen molar-refractivity contribution < 1.29 is 29.3 Å². The molecule has 44 heavy (non-hydrogen) atoms. The molecule has 4 N–H and O–H groups in total. The molecule has 0 heterocycles. The molecule has 6 rings (SSSR count). The molecule has 4 saturated carbocycles. The van der Waals surface area contributed by atoms with E-state index in [1.54, 1.807) is 14.2 Å². The zero-order valence-corrected chi connectivity index (χ0v) is 27.4. The van der Waals surface area contributed by atoms with Crippen LogP contribution in [-0.4, -0.2) is 48.5 Å². The minimum absolute atomic E-state index is 0.0735. The average Bonchev–Trinajstić information content (AvgIpc) is 3.45. The number of aliphatic hydroxyl groups excluding tert-OH is 2. The maximum Gasteiger partial charge on any atom is 0.231 e. The van der Waals surface area contributed by atoms with Crippen LogP contribution in [0.15, 0.2) is 36.4 Å². The number of rotatable bonds is 7. The first-order valence-corrected chi connectivity index (χ1v) is 15.9. The van der Waals surface area contributed by atoms with Gasteiger partial charge in [0.15, 0.2) is 0 Å². The van der Waals surface area contributed by atoms with E-state index in [0.717, 1.165) is 36.8 Å². The van der Waals surface area contributed by atoms with E-state index in [2.05, 4.69) is 52.2 Å². The van der Waals surface area contributed by atoms with Crippen LogP contribution in [0.1, 0.15) is 80.1 Å². The molecule has 2 amide bonds. The highest BCUT2D eigenvalue weighted by Gasteiger charge is 2.73. The van der Waals surface area contributed by atoms with Crippen LogP contribution in [0.25, 0.3) is 11.1 Å². The van der Waals surface area contributed by atoms with Gasteiger partial charge in [0.2, 0.25) is 11.8 Å². The number of ether oxygens (including phenoxy) is 2. The van der Waals surface area contributed by atoms with E-state index < -0.39 is 23.0 Å². The quantitative estimate of drug-likeness (QED) is 0.291. The normalized spacial score (nSPS) is 35.9. The number of fused-ring (bicyclic) bond motifs is 4. The van der Waals surface area contributed by atoms with Crippen molar-refractivity contribution in [1.82, 2.24) is 0 Å². The molecule has 0 unspecified atom stereocenters. The first-order valence-electron chi connectivity index (χ1n) is 15.9. The van der Waals surface area contributed by atoms with Gasteiger partial charge >= 0.3 is 0 Å². The summed E-state index contributed by atoms with van der Waals surface area (Å²) in [4.78, 5) is 27.6. The number of benzene rings is 2. The molecule has 6 atom stereocenters. The van der Waals surface area contributed by atoms with Crippen molar-refractivity contribution in [3.8, 4) is 22.6 Å². The van der Waals surface area contributed by atoms with Crippen molar-refractivity contribution in [2.24, 2.45) is 32.5 Å². The summed E-state index contributed by atoms with van der Waals surface area (Å²) in [5.74, 6) is 0.920. The lowest BCUT2D eigenvalue weighted by atomic mass is 9.64. The summed E-state index contributed by atoms with van der Waals surface area (Å²) < 4.78 is 11.4. The lowest BCUT2D eigenvalue weighted by molar-refractivity contribution is -0.131. The molecule has 2 aromatic carbocycles. The molecule has 4 fully saturated rings. The van der Waals surface area contributed by atoms with Crippen LogP contribution in [0.4, 0.5) is 11.4 Å². The Morgan fingerprint density at radius 3 is 1.30 bits per heavy atom. The molecule has 8 heteroatoms. The van der Waals surface area contributed by atoms with Crippen LogP contribution in [0.3, 0.4) is 0 Å². The SMILES string of the molecule is COc1cc(-c2ccc(NC(=O)[C@@]34CC[C@@](C)([C@@H](O)C3)C4(C)C)c(OC)c2)ccc1NC(=O)[C@@]12CC[C@@](C)([C@H](O)C1)C2(C)C. The van der Waals surface area contributed by atoms with E-state index in [1.165, 1.54) is 0 Å². The zero-order valence-electron chi connectivity index (χ0n) is 27.4. The molecule has 8 nitrogen and oxygen atoms in total. The smallest absolute Gasteiger partial charge is 0.231 e. The Labute approximate surface area is 260 Å². The number of aliphatic hydroxyl groups is 2. The van der Waals surface area contributed by atoms with Gasteiger partial charge in [-0.05, 0) is 95.6 Å². The van der Waals surface area contributed by atoms with Gasteiger partial charge in [0.1, 0.15) is 11.5 Å². The summed E-state index contributed by atoms with van der Waals surface area (Å²) in [6, 6.07) is 11.3. The van der Waals surface area contributed by atoms with Crippen molar-refractivity contribution in [2.45, 2.75) is 92.3 Å². The van der Waals surface area contributed by atoms with Gasteiger partial charge in [-0.15, -0.1) is 0 Å². The van der Waals surface area contributed by atoms with Crippen LogP contribution < -0.4 is 20.1 Å². The second-order valence-corrected chi connectivity index (χ2v) is 15.4. The molecule has 238 valence electrons. The highest BCUT2D eigenvalue weighted by atomic mass is 16.5. The van der Waals surface area contributed by atoms with E-state index in [-0.39, 0.29) is 33.5 Å². The van der Waals surface area contributed by atoms with Gasteiger partial charge in [-0.2, -0.15) is 0 Å². The number of hydrogen-bond acceptors (Lipinski definition) is 6. The predicted molar refractivity (Wildman–Crippen MR) is 171 cm³/mol. The average molecular weight is 605 g/mol. The standard InChI is InChI=1S/C36H48N2O6/c1-31(2)33(5)13-15-35(31,19-27(33)39)29(41)37-23-11-9-21(17-25(23)43-7)22-10-12-24(26(18-22)44-8)38-30(42)36-16-14-34(6,28(40)20-36)32(36,3)4/h9-12,17-18,27-28,39-40H,13-16,19-20H2,1-8H3,(H,37,41)(H,38,42)/t27-,28+,33-,34-,35+,36+/m0/s1. The molecule has 4 bridgehead atoms. The van der Waals surface area contributed by atoms with Gasteiger partial charge in [-0.25, -0.2) is 0 Å². The van der Waals surface area contributed by atoms with E-state index in [4.69, 9.17) is 9.47 Å². The number of carbonyl (C=O) groups excluding carboxylic acids is 2. The van der Waals surface area contributed by atoms with E-state index in [0.29, 0.717) is 35.7 Å². The van der Waals surface area contributed by atoms with Crippen molar-refractivity contribution in [2.75, 3.05) is 24.9 Å². The van der Waals surface area contributed by atoms with Crippen molar-refractivity contribution in [3.05, 3.63) is 36.4 Å². The van der Waals surface area contributed by atoms with Crippen molar-refractivity contribution in [1.29, 1.82) is 0 Å². The van der Waals surface area contributed by atoms with Crippen molar-refractivity contribution >= 4 is 23.2 Å². The fourth-order valence-electron chi connectivity index (χ4n) is 9.69. The summed E-state index contributed by atoms with van der Waals surface area (Å²) in [6.07, 6.45) is 3.07. The maximum atomic E-state index is 13.8. The minimum Gasteiger partial charge on any atom is -0.495 e. The van der Waals surface area contributed by atoms with Crippen LogP contribution in [-0.2, 0) is 9.59 Å². The Balaban J connectivity index is 1.23. The molecular formula is C36H48N2O6. The fourth-order valence-corrected chi connectivity index (χ4v) is 9.69. The summed E-state index contributed by atoms with van der Waals surface area (Å²) in [5, 5.41) is 28.0. The third kappa shape index (κ3) is 3.70. The molecule has 4 aliphatic carbocycles. The maximum absolute atomic E-state index is 13.8.